The molecule has 4 rings (SSSR count). The minimum absolute atomic E-state index is 0.161. The maximum Gasteiger partial charge on any atom is 0.236 e. The number of aromatic nitrogens is 4. The summed E-state index contributed by atoms with van der Waals surface area (Å²) in [5, 5.41) is 12.6. The Balaban J connectivity index is 1.42. The zero-order valence-electron chi connectivity index (χ0n) is 14.4. The molecule has 1 N–H and O–H groups in total. The van der Waals surface area contributed by atoms with Crippen LogP contribution in [0.3, 0.4) is 0 Å². The van der Waals surface area contributed by atoms with Crippen LogP contribution in [0, 0.1) is 5.82 Å². The first-order chi connectivity index (χ1) is 12.5. The summed E-state index contributed by atoms with van der Waals surface area (Å²) in [5.74, 6) is 1.03. The van der Waals surface area contributed by atoms with E-state index in [2.05, 4.69) is 38.9 Å². The van der Waals surface area contributed by atoms with Crippen molar-refractivity contribution in [2.45, 2.75) is 43.8 Å². The molecule has 1 aliphatic rings. The van der Waals surface area contributed by atoms with E-state index in [9.17, 15) is 9.18 Å². The van der Waals surface area contributed by atoms with Gasteiger partial charge in [0.15, 0.2) is 10.3 Å². The molecule has 0 radical (unpaired) electrons. The average Bonchev–Trinajstić information content (AvgIpc) is 3.21. The van der Waals surface area contributed by atoms with Crippen LogP contribution in [0.4, 0.5) is 9.52 Å². The van der Waals surface area contributed by atoms with E-state index in [0.29, 0.717) is 27.3 Å². The molecule has 3 aromatic rings. The largest absolute Gasteiger partial charge is 0.303 e. The highest BCUT2D eigenvalue weighted by molar-refractivity contribution is 7.99. The Morgan fingerprint density at radius 3 is 2.96 bits per heavy atom. The van der Waals surface area contributed by atoms with Crippen LogP contribution in [0.2, 0.25) is 0 Å². The molecule has 136 valence electrons. The zero-order chi connectivity index (χ0) is 18.3. The second kappa shape index (κ2) is 6.96. The van der Waals surface area contributed by atoms with E-state index in [4.69, 9.17) is 0 Å². The number of hydrogen-bond donors (Lipinski definition) is 1. The van der Waals surface area contributed by atoms with E-state index < -0.39 is 0 Å². The number of fused-ring (bicyclic) bond motifs is 1. The van der Waals surface area contributed by atoms with Gasteiger partial charge in [-0.05, 0) is 31.0 Å². The van der Waals surface area contributed by atoms with Crippen molar-refractivity contribution in [1.29, 1.82) is 0 Å². The number of amides is 1. The van der Waals surface area contributed by atoms with E-state index in [1.165, 1.54) is 35.2 Å². The van der Waals surface area contributed by atoms with E-state index in [1.807, 2.05) is 0 Å². The van der Waals surface area contributed by atoms with E-state index >= 15 is 0 Å². The van der Waals surface area contributed by atoms with Crippen molar-refractivity contribution in [1.82, 2.24) is 19.7 Å². The molecule has 2 heterocycles. The van der Waals surface area contributed by atoms with Crippen molar-refractivity contribution >= 4 is 44.4 Å². The normalized spacial score (nSPS) is 14.3. The van der Waals surface area contributed by atoms with Gasteiger partial charge in [0, 0.05) is 12.0 Å². The van der Waals surface area contributed by atoms with E-state index in [-0.39, 0.29) is 17.5 Å². The molecule has 6 nitrogen and oxygen atoms in total. The highest BCUT2D eigenvalue weighted by Gasteiger charge is 2.30. The summed E-state index contributed by atoms with van der Waals surface area (Å²) in [5.41, 5.74) is 0.675. The first kappa shape index (κ1) is 17.4. The van der Waals surface area contributed by atoms with Crippen LogP contribution in [-0.2, 0) is 4.79 Å². The third kappa shape index (κ3) is 3.59. The molecular formula is C17H18FN5OS2. The minimum Gasteiger partial charge on any atom is -0.303 e. The maximum atomic E-state index is 13.3. The fourth-order valence-electron chi connectivity index (χ4n) is 2.69. The Morgan fingerprint density at radius 2 is 2.23 bits per heavy atom. The first-order valence-electron chi connectivity index (χ1n) is 8.45. The van der Waals surface area contributed by atoms with Crippen LogP contribution in [-0.4, -0.2) is 31.4 Å². The van der Waals surface area contributed by atoms with Gasteiger partial charge in [-0.1, -0.05) is 36.9 Å². The maximum absolute atomic E-state index is 13.3. The Bertz CT molecular complexity index is 963. The summed E-state index contributed by atoms with van der Waals surface area (Å²) in [6.45, 7) is 4.19. The number of carbonyl (C=O) groups is 1. The summed E-state index contributed by atoms with van der Waals surface area (Å²) < 4.78 is 16.1. The number of thioether (sulfide) groups is 1. The van der Waals surface area contributed by atoms with Gasteiger partial charge < -0.3 is 9.88 Å². The van der Waals surface area contributed by atoms with Crippen LogP contribution in [0.25, 0.3) is 10.2 Å². The quantitative estimate of drug-likeness (QED) is 0.637. The fourth-order valence-corrected chi connectivity index (χ4v) is 4.41. The van der Waals surface area contributed by atoms with Gasteiger partial charge in [-0.25, -0.2) is 9.37 Å². The lowest BCUT2D eigenvalue weighted by Gasteiger charge is -2.10. The Kier molecular flexibility index (Phi) is 4.66. The topological polar surface area (TPSA) is 72.7 Å². The molecule has 1 aliphatic carbocycles. The van der Waals surface area contributed by atoms with Gasteiger partial charge in [-0.2, -0.15) is 0 Å². The molecule has 0 spiro atoms. The van der Waals surface area contributed by atoms with E-state index in [0.717, 1.165) is 23.8 Å². The Morgan fingerprint density at radius 1 is 1.42 bits per heavy atom. The number of nitrogens with one attached hydrogen (secondary N) is 1. The molecule has 0 bridgehead atoms. The minimum atomic E-state index is -0.310. The van der Waals surface area contributed by atoms with Gasteiger partial charge in [0.2, 0.25) is 5.91 Å². The standard InChI is InChI=1S/C17H18FN5OS2/c1-9(2)15-21-22-17(23(15)11-4-5-11)25-8-14(24)20-16-19-12-6-3-10(18)7-13(12)26-16/h3,6-7,9,11H,4-5,8H2,1-2H3,(H,19,20,24). The summed E-state index contributed by atoms with van der Waals surface area (Å²) in [6.07, 6.45) is 2.28. The molecule has 2 aromatic heterocycles. The lowest BCUT2D eigenvalue weighted by atomic mass is 10.2. The van der Waals surface area contributed by atoms with Gasteiger partial charge in [0.05, 0.1) is 16.0 Å². The molecule has 0 saturated heterocycles. The summed E-state index contributed by atoms with van der Waals surface area (Å²) in [6, 6.07) is 4.85. The van der Waals surface area contributed by atoms with Crippen LogP contribution in [0.1, 0.15) is 44.5 Å². The van der Waals surface area contributed by atoms with Crippen molar-refractivity contribution < 1.29 is 9.18 Å². The SMILES string of the molecule is CC(C)c1nnc(SCC(=O)Nc2nc3ccc(F)cc3s2)n1C1CC1. The van der Waals surface area contributed by atoms with Crippen molar-refractivity contribution in [3.8, 4) is 0 Å². The molecule has 1 amide bonds. The summed E-state index contributed by atoms with van der Waals surface area (Å²) >= 11 is 2.65. The highest BCUT2D eigenvalue weighted by atomic mass is 32.2. The van der Waals surface area contributed by atoms with Crippen LogP contribution in [0.15, 0.2) is 23.4 Å². The highest BCUT2D eigenvalue weighted by Crippen LogP contribution is 2.40. The second-order valence-corrected chi connectivity index (χ2v) is 8.54. The lowest BCUT2D eigenvalue weighted by Crippen LogP contribution is -2.14. The molecule has 0 atom stereocenters. The molecule has 1 fully saturated rings. The molecule has 1 saturated carbocycles. The van der Waals surface area contributed by atoms with Gasteiger partial charge in [0.1, 0.15) is 11.6 Å². The monoisotopic (exact) mass is 391 g/mol. The molecule has 0 unspecified atom stereocenters. The summed E-state index contributed by atoms with van der Waals surface area (Å²) in [4.78, 5) is 16.6. The first-order valence-corrected chi connectivity index (χ1v) is 10.2. The number of thiazole rings is 1. The van der Waals surface area contributed by atoms with Crippen LogP contribution >= 0.6 is 23.1 Å². The average molecular weight is 391 g/mol. The number of rotatable bonds is 6. The molecule has 9 heteroatoms. The van der Waals surface area contributed by atoms with Crippen molar-refractivity contribution in [3.63, 3.8) is 0 Å². The fraction of sp³-hybridized carbons (Fsp3) is 0.412. The number of carbonyl (C=O) groups excluding carboxylic acids is 1. The Labute approximate surface area is 158 Å². The lowest BCUT2D eigenvalue weighted by molar-refractivity contribution is -0.113. The number of hydrogen-bond acceptors (Lipinski definition) is 6. The van der Waals surface area contributed by atoms with Crippen LogP contribution < -0.4 is 5.32 Å². The predicted molar refractivity (Wildman–Crippen MR) is 101 cm³/mol. The number of nitrogens with zero attached hydrogens (tertiary/aromatic N) is 4. The molecule has 1 aromatic carbocycles. The van der Waals surface area contributed by atoms with E-state index in [1.54, 1.807) is 6.07 Å². The van der Waals surface area contributed by atoms with Gasteiger partial charge >= 0.3 is 0 Å². The smallest absolute Gasteiger partial charge is 0.236 e. The number of benzene rings is 1. The Hall–Kier alpha value is -2.00. The van der Waals surface area contributed by atoms with Crippen molar-refractivity contribution in [2.75, 3.05) is 11.1 Å². The number of anilines is 1. The van der Waals surface area contributed by atoms with Gasteiger partial charge in [-0.15, -0.1) is 10.2 Å². The second-order valence-electron chi connectivity index (χ2n) is 6.56. The molecule has 0 aliphatic heterocycles. The van der Waals surface area contributed by atoms with Gasteiger partial charge in [0.25, 0.3) is 0 Å². The predicted octanol–water partition coefficient (Wildman–Crippen LogP) is 4.22. The van der Waals surface area contributed by atoms with Gasteiger partial charge in [-0.3, -0.25) is 4.79 Å². The van der Waals surface area contributed by atoms with Crippen molar-refractivity contribution in [3.05, 3.63) is 29.8 Å². The summed E-state index contributed by atoms with van der Waals surface area (Å²) in [7, 11) is 0. The molecule has 26 heavy (non-hydrogen) atoms. The zero-order valence-corrected chi connectivity index (χ0v) is 16.0. The third-order valence-electron chi connectivity index (χ3n) is 4.05. The van der Waals surface area contributed by atoms with Crippen molar-refractivity contribution in [2.24, 2.45) is 0 Å². The van der Waals surface area contributed by atoms with Crippen LogP contribution in [0.5, 0.6) is 0 Å². The molecular weight excluding hydrogens is 373 g/mol. The number of halogens is 1. The third-order valence-corrected chi connectivity index (χ3v) is 5.93.